The molecular formula is C33H48O9. The predicted molar refractivity (Wildman–Crippen MR) is 152 cm³/mol. The zero-order valence-electron chi connectivity index (χ0n) is 25.3. The molecule has 2 heterocycles. The minimum Gasteiger partial charge on any atom is -0.494 e. The normalized spacial score (nSPS) is 47.3. The third-order valence-electron chi connectivity index (χ3n) is 12.3. The van der Waals surface area contributed by atoms with E-state index in [0.29, 0.717) is 36.4 Å². The number of Topliss-reactive ketones (excluding diaryl/α,β-unsaturated/α-hetero) is 1. The number of ether oxygens (including phenoxy) is 3. The van der Waals surface area contributed by atoms with Gasteiger partial charge in [0.25, 0.3) is 0 Å². The van der Waals surface area contributed by atoms with Crippen LogP contribution >= 0.6 is 0 Å². The first-order chi connectivity index (χ1) is 19.9. The van der Waals surface area contributed by atoms with Crippen molar-refractivity contribution in [3.05, 3.63) is 23.0 Å². The highest BCUT2D eigenvalue weighted by Crippen LogP contribution is 2.68. The average Bonchev–Trinajstić information content (AvgIpc) is 3.45. The van der Waals surface area contributed by atoms with Crippen LogP contribution in [0.2, 0.25) is 0 Å². The van der Waals surface area contributed by atoms with E-state index in [1.165, 1.54) is 11.1 Å². The summed E-state index contributed by atoms with van der Waals surface area (Å²) in [5.74, 6) is 2.87. The quantitative estimate of drug-likeness (QED) is 0.353. The molecule has 6 rings (SSSR count). The number of ketones is 2. The van der Waals surface area contributed by atoms with Gasteiger partial charge in [0.05, 0.1) is 19.0 Å². The van der Waals surface area contributed by atoms with E-state index in [0.717, 1.165) is 44.3 Å². The molecule has 13 atom stereocenters. The second kappa shape index (κ2) is 11.1. The Morgan fingerprint density at radius 2 is 1.86 bits per heavy atom. The van der Waals surface area contributed by atoms with Crippen LogP contribution in [0.3, 0.4) is 0 Å². The maximum Gasteiger partial charge on any atom is 0.186 e. The lowest BCUT2D eigenvalue weighted by atomic mass is 9.46. The van der Waals surface area contributed by atoms with Crippen molar-refractivity contribution in [1.29, 1.82) is 0 Å². The highest BCUT2D eigenvalue weighted by Gasteiger charge is 2.67. The van der Waals surface area contributed by atoms with Gasteiger partial charge in [-0.15, -0.1) is 0 Å². The Balaban J connectivity index is 1.09. The largest absolute Gasteiger partial charge is 0.494 e. The summed E-state index contributed by atoms with van der Waals surface area (Å²) in [5.41, 5.74) is 2.01. The third kappa shape index (κ3) is 4.65. The van der Waals surface area contributed by atoms with E-state index in [1.807, 2.05) is 13.0 Å². The summed E-state index contributed by atoms with van der Waals surface area (Å²) in [5, 5.41) is 39.6. The number of aliphatic hydroxyl groups is 4. The molecule has 2 aliphatic heterocycles. The van der Waals surface area contributed by atoms with Gasteiger partial charge in [-0.05, 0) is 79.8 Å². The summed E-state index contributed by atoms with van der Waals surface area (Å²) in [6.07, 6.45) is 1.96. The highest BCUT2D eigenvalue weighted by molar-refractivity contribution is 5.92. The van der Waals surface area contributed by atoms with Gasteiger partial charge >= 0.3 is 0 Å². The maximum atomic E-state index is 14.1. The molecule has 0 spiro atoms. The first-order valence-electron chi connectivity index (χ1n) is 16.0. The topological polar surface area (TPSA) is 143 Å². The lowest BCUT2D eigenvalue weighted by molar-refractivity contribution is -0.303. The number of fused-ring (bicyclic) bond motifs is 7. The van der Waals surface area contributed by atoms with E-state index < -0.39 is 42.7 Å². The predicted octanol–water partition coefficient (Wildman–Crippen LogP) is 2.83. The first kappa shape index (κ1) is 30.4. The van der Waals surface area contributed by atoms with Gasteiger partial charge in [-0.3, -0.25) is 9.59 Å². The van der Waals surface area contributed by atoms with E-state index in [4.69, 9.17) is 14.2 Å². The molecule has 1 saturated heterocycles. The summed E-state index contributed by atoms with van der Waals surface area (Å²) in [6, 6.07) is 0. The Bertz CT molecular complexity index is 1160. The van der Waals surface area contributed by atoms with Crippen molar-refractivity contribution in [1.82, 2.24) is 0 Å². The molecule has 6 aliphatic rings. The van der Waals surface area contributed by atoms with Crippen LogP contribution in [0.25, 0.3) is 0 Å². The number of hydrogen-bond donors (Lipinski definition) is 4. The fourth-order valence-electron chi connectivity index (χ4n) is 9.75. The summed E-state index contributed by atoms with van der Waals surface area (Å²) >= 11 is 0. The number of hydrogen-bond acceptors (Lipinski definition) is 9. The Hall–Kier alpha value is -1.62. The third-order valence-corrected chi connectivity index (χ3v) is 12.3. The molecule has 0 bridgehead atoms. The van der Waals surface area contributed by atoms with Crippen molar-refractivity contribution >= 4 is 11.6 Å². The van der Waals surface area contributed by atoms with E-state index >= 15 is 0 Å². The lowest BCUT2D eigenvalue weighted by Crippen LogP contribution is -2.59. The number of allylic oxidation sites excluding steroid dienone is 2. The van der Waals surface area contributed by atoms with Crippen LogP contribution in [-0.4, -0.2) is 82.0 Å². The van der Waals surface area contributed by atoms with Crippen LogP contribution in [0.1, 0.15) is 79.1 Å². The molecule has 0 amide bonds. The highest BCUT2D eigenvalue weighted by atomic mass is 16.7. The van der Waals surface area contributed by atoms with Gasteiger partial charge in [0.15, 0.2) is 12.1 Å². The van der Waals surface area contributed by atoms with E-state index in [-0.39, 0.29) is 35.7 Å². The molecule has 0 aromatic rings. The molecule has 4 fully saturated rings. The number of rotatable bonds is 7. The van der Waals surface area contributed by atoms with Gasteiger partial charge in [-0.1, -0.05) is 26.3 Å². The van der Waals surface area contributed by atoms with E-state index in [2.05, 4.69) is 20.8 Å². The van der Waals surface area contributed by atoms with Crippen molar-refractivity contribution in [2.45, 2.75) is 116 Å². The first-order valence-corrected chi connectivity index (χ1v) is 16.0. The summed E-state index contributed by atoms with van der Waals surface area (Å²) in [7, 11) is 0. The van der Waals surface area contributed by atoms with Gasteiger partial charge in [0.2, 0.25) is 0 Å². The van der Waals surface area contributed by atoms with Gasteiger partial charge < -0.3 is 34.6 Å². The number of aliphatic hydroxyl groups excluding tert-OH is 4. The number of carbonyl (C=O) groups is 2. The van der Waals surface area contributed by atoms with Crippen molar-refractivity contribution < 1.29 is 44.2 Å². The van der Waals surface area contributed by atoms with Crippen molar-refractivity contribution in [2.75, 3.05) is 13.2 Å². The van der Waals surface area contributed by atoms with Crippen molar-refractivity contribution in [3.8, 4) is 0 Å². The molecule has 4 N–H and O–H groups in total. The van der Waals surface area contributed by atoms with Crippen LogP contribution in [0.5, 0.6) is 0 Å². The molecule has 0 unspecified atom stereocenters. The van der Waals surface area contributed by atoms with Crippen LogP contribution in [0.4, 0.5) is 0 Å². The minimum atomic E-state index is -1.46. The zero-order chi connectivity index (χ0) is 30.1. The van der Waals surface area contributed by atoms with Crippen molar-refractivity contribution in [2.24, 2.45) is 40.4 Å². The molecule has 4 aliphatic carbocycles. The fourth-order valence-corrected chi connectivity index (χ4v) is 9.75. The smallest absolute Gasteiger partial charge is 0.186 e. The second-order valence-corrected chi connectivity index (χ2v) is 14.5. The standard InChI is InChI=1S/C33H48O9/c1-16(15-40-31-30(39)29(38)28(37)25(14-34)42-31)5-8-23-17(2)27-24(41-23)12-22-20-7-6-18-11-19(35)9-10-32(18,3)21(20)13-26(36)33(22,27)4/h11,16,20-22,24-25,27-31,34,37-39H,5-10,12-15H2,1-4H3/t16-,20-,21+,22+,24+,25-,27+,28-,29+,30-,31-,32+,33-/m1/s1. The molecule has 0 aromatic carbocycles. The molecule has 3 saturated carbocycles. The summed E-state index contributed by atoms with van der Waals surface area (Å²) in [6.45, 7) is 8.45. The number of carbonyl (C=O) groups excluding carboxylic acids is 2. The van der Waals surface area contributed by atoms with Crippen LogP contribution in [-0.2, 0) is 23.8 Å². The maximum absolute atomic E-state index is 14.1. The average molecular weight is 589 g/mol. The van der Waals surface area contributed by atoms with Gasteiger partial charge in [0.1, 0.15) is 36.3 Å². The molecular weight excluding hydrogens is 540 g/mol. The molecule has 9 nitrogen and oxygen atoms in total. The molecule has 9 heteroatoms. The Labute approximate surface area is 248 Å². The fraction of sp³-hybridized carbons (Fsp3) is 0.818. The van der Waals surface area contributed by atoms with E-state index in [9.17, 15) is 30.0 Å². The lowest BCUT2D eigenvalue weighted by Gasteiger charge is -2.57. The molecule has 42 heavy (non-hydrogen) atoms. The van der Waals surface area contributed by atoms with Gasteiger partial charge in [0, 0.05) is 30.6 Å². The molecule has 234 valence electrons. The second-order valence-electron chi connectivity index (χ2n) is 14.5. The van der Waals surface area contributed by atoms with Gasteiger partial charge in [-0.25, -0.2) is 0 Å². The van der Waals surface area contributed by atoms with Crippen LogP contribution < -0.4 is 0 Å². The Morgan fingerprint density at radius 1 is 1.10 bits per heavy atom. The zero-order valence-corrected chi connectivity index (χ0v) is 25.3. The Morgan fingerprint density at radius 3 is 2.60 bits per heavy atom. The van der Waals surface area contributed by atoms with E-state index in [1.54, 1.807) is 0 Å². The van der Waals surface area contributed by atoms with Crippen LogP contribution in [0.15, 0.2) is 23.0 Å². The minimum absolute atomic E-state index is 0.0241. The summed E-state index contributed by atoms with van der Waals surface area (Å²) < 4.78 is 17.8. The monoisotopic (exact) mass is 588 g/mol. The molecule has 0 radical (unpaired) electrons. The van der Waals surface area contributed by atoms with Crippen molar-refractivity contribution in [3.63, 3.8) is 0 Å². The summed E-state index contributed by atoms with van der Waals surface area (Å²) in [4.78, 5) is 26.2. The van der Waals surface area contributed by atoms with Gasteiger partial charge in [-0.2, -0.15) is 0 Å². The SMILES string of the molecule is CC1=C(CC[C@@H](C)CO[C@@H]2O[C@H](CO)[C@@H](O)[C@H](O)[C@H]2O)O[C@H]2C[C@H]3[C@@H]4CCC5=CC(=O)CC[C@]5(C)[C@H]4CC(=O)[C@]3(C)[C@@H]12. The molecule has 0 aromatic heterocycles. The van der Waals surface area contributed by atoms with Crippen LogP contribution in [0, 0.1) is 40.4 Å². The Kier molecular flexibility index (Phi) is 8.02.